The summed E-state index contributed by atoms with van der Waals surface area (Å²) in [5.41, 5.74) is 6.31. The number of pyridine rings is 1. The quantitative estimate of drug-likeness (QED) is 0.290. The Balaban J connectivity index is 1.26. The number of nitrogens with one attached hydrogen (secondary N) is 2. The molecule has 39 heavy (non-hydrogen) atoms. The topological polar surface area (TPSA) is 83.0 Å². The van der Waals surface area contributed by atoms with Gasteiger partial charge in [0.25, 0.3) is 5.91 Å². The van der Waals surface area contributed by atoms with Crippen LogP contribution in [-0.4, -0.2) is 44.4 Å². The molecule has 0 bridgehead atoms. The normalized spacial score (nSPS) is 16.1. The maximum atomic E-state index is 13.1. The molecule has 7 nitrogen and oxygen atoms in total. The van der Waals surface area contributed by atoms with E-state index in [4.69, 9.17) is 0 Å². The van der Waals surface area contributed by atoms with Crippen molar-refractivity contribution in [3.63, 3.8) is 0 Å². The van der Waals surface area contributed by atoms with Crippen molar-refractivity contribution in [2.75, 3.05) is 23.7 Å². The van der Waals surface area contributed by atoms with Crippen LogP contribution in [0.1, 0.15) is 61.0 Å². The maximum Gasteiger partial charge on any atom is 0.255 e. The summed E-state index contributed by atoms with van der Waals surface area (Å²) in [5.74, 6) is 0.820. The fraction of sp³-hybridized carbons (Fsp3) is 0.312. The van der Waals surface area contributed by atoms with E-state index >= 15 is 0 Å². The van der Waals surface area contributed by atoms with Crippen LogP contribution in [0.5, 0.6) is 0 Å². The number of carbonyl (C=O) groups excluding carboxylic acids is 1. The lowest BCUT2D eigenvalue weighted by Crippen LogP contribution is -2.46. The van der Waals surface area contributed by atoms with Gasteiger partial charge in [-0.2, -0.15) is 0 Å². The van der Waals surface area contributed by atoms with E-state index < -0.39 is 0 Å². The number of anilines is 3. The van der Waals surface area contributed by atoms with E-state index in [-0.39, 0.29) is 11.4 Å². The van der Waals surface area contributed by atoms with Gasteiger partial charge in [-0.15, -0.1) is 0 Å². The van der Waals surface area contributed by atoms with Gasteiger partial charge in [0, 0.05) is 53.2 Å². The lowest BCUT2D eigenvalue weighted by Gasteiger charge is -2.41. The number of likely N-dealkylation sites (tertiary alicyclic amines) is 1. The first-order valence-corrected chi connectivity index (χ1v) is 13.5. The minimum Gasteiger partial charge on any atom is -0.324 e. The van der Waals surface area contributed by atoms with Crippen molar-refractivity contribution in [2.24, 2.45) is 0 Å². The number of aryl methyl sites for hydroxylation is 1. The first kappa shape index (κ1) is 26.5. The molecular formula is C32H36N6O. The SMILES string of the molecule is Cc1ccc(C(=O)Nc2ccc(C3CCCN(C(C)(C)C)C3)cc2)cc1Nc1nccc(-c2cccnc2)n1. The molecule has 0 aliphatic carbocycles. The van der Waals surface area contributed by atoms with Crippen LogP contribution in [0, 0.1) is 6.92 Å². The van der Waals surface area contributed by atoms with Crippen molar-refractivity contribution in [2.45, 2.75) is 52.0 Å². The second-order valence-corrected chi connectivity index (χ2v) is 11.2. The maximum absolute atomic E-state index is 13.1. The zero-order chi connectivity index (χ0) is 27.4. The van der Waals surface area contributed by atoms with Crippen molar-refractivity contribution in [3.8, 4) is 11.3 Å². The van der Waals surface area contributed by atoms with Crippen LogP contribution in [0.3, 0.4) is 0 Å². The van der Waals surface area contributed by atoms with Crippen LogP contribution in [0.2, 0.25) is 0 Å². The third kappa shape index (κ3) is 6.49. The number of carbonyl (C=O) groups is 1. The number of hydrogen-bond donors (Lipinski definition) is 2. The fourth-order valence-corrected chi connectivity index (χ4v) is 5.01. The second-order valence-electron chi connectivity index (χ2n) is 11.2. The van der Waals surface area contributed by atoms with Gasteiger partial charge in [0.2, 0.25) is 5.95 Å². The molecule has 2 aromatic carbocycles. The standard InChI is InChI=1S/C32H36N6O/c1-22-9-10-24(19-29(22)37-31-34-17-15-28(36-31)25-7-5-16-33-20-25)30(39)35-27-13-11-23(12-14-27)26-8-6-18-38(21-26)32(2,3)4/h5,7,9-17,19-20,26H,6,8,18,21H2,1-4H3,(H,35,39)(H,34,36,37). The summed E-state index contributed by atoms with van der Waals surface area (Å²) in [4.78, 5) is 28.8. The predicted molar refractivity (Wildman–Crippen MR) is 157 cm³/mol. The Kier molecular flexibility index (Phi) is 7.70. The smallest absolute Gasteiger partial charge is 0.255 e. The zero-order valence-electron chi connectivity index (χ0n) is 23.1. The van der Waals surface area contributed by atoms with Crippen LogP contribution in [0.15, 0.2) is 79.3 Å². The Morgan fingerprint density at radius 2 is 1.85 bits per heavy atom. The van der Waals surface area contributed by atoms with Gasteiger partial charge in [-0.1, -0.05) is 18.2 Å². The number of hydrogen-bond acceptors (Lipinski definition) is 6. The highest BCUT2D eigenvalue weighted by Crippen LogP contribution is 2.31. The van der Waals surface area contributed by atoms with E-state index in [9.17, 15) is 4.79 Å². The molecule has 1 fully saturated rings. The van der Waals surface area contributed by atoms with Crippen LogP contribution in [0.4, 0.5) is 17.3 Å². The summed E-state index contributed by atoms with van der Waals surface area (Å²) >= 11 is 0. The zero-order valence-corrected chi connectivity index (χ0v) is 23.1. The summed E-state index contributed by atoms with van der Waals surface area (Å²) in [6.07, 6.45) is 7.62. The molecule has 7 heteroatoms. The van der Waals surface area contributed by atoms with E-state index in [0.29, 0.717) is 17.4 Å². The van der Waals surface area contributed by atoms with Gasteiger partial charge in [0.1, 0.15) is 0 Å². The predicted octanol–water partition coefficient (Wildman–Crippen LogP) is 6.82. The molecule has 2 N–H and O–H groups in total. The number of amides is 1. The number of piperidine rings is 1. The minimum atomic E-state index is -0.160. The molecule has 4 aromatic rings. The van der Waals surface area contributed by atoms with E-state index in [1.54, 1.807) is 18.6 Å². The molecule has 1 unspecified atom stereocenters. The summed E-state index contributed by atoms with van der Waals surface area (Å²) in [6.45, 7) is 11.1. The van der Waals surface area contributed by atoms with Gasteiger partial charge in [0.15, 0.2) is 0 Å². The molecule has 1 atom stereocenters. The highest BCUT2D eigenvalue weighted by molar-refractivity contribution is 6.05. The van der Waals surface area contributed by atoms with Crippen LogP contribution < -0.4 is 10.6 Å². The molecule has 0 radical (unpaired) electrons. The third-order valence-corrected chi connectivity index (χ3v) is 7.37. The molecule has 1 aliphatic heterocycles. The number of rotatable bonds is 6. The number of aromatic nitrogens is 3. The van der Waals surface area contributed by atoms with Gasteiger partial charge >= 0.3 is 0 Å². The average molecular weight is 521 g/mol. The number of nitrogens with zero attached hydrogens (tertiary/aromatic N) is 4. The minimum absolute atomic E-state index is 0.160. The van der Waals surface area contributed by atoms with Crippen molar-refractivity contribution in [1.29, 1.82) is 0 Å². The highest BCUT2D eigenvalue weighted by atomic mass is 16.1. The molecule has 1 amide bonds. The summed E-state index contributed by atoms with van der Waals surface area (Å²) in [5, 5.41) is 6.32. The van der Waals surface area contributed by atoms with Crippen LogP contribution >= 0.6 is 0 Å². The Hall–Kier alpha value is -4.10. The Bertz CT molecular complexity index is 1430. The van der Waals surface area contributed by atoms with E-state index in [0.717, 1.165) is 41.3 Å². The molecule has 0 saturated carbocycles. The molecule has 200 valence electrons. The van der Waals surface area contributed by atoms with Gasteiger partial charge < -0.3 is 10.6 Å². The molecule has 0 spiro atoms. The van der Waals surface area contributed by atoms with Crippen molar-refractivity contribution >= 4 is 23.2 Å². The Labute approximate surface area is 230 Å². The lowest BCUT2D eigenvalue weighted by atomic mass is 9.88. The largest absolute Gasteiger partial charge is 0.324 e. The van der Waals surface area contributed by atoms with Gasteiger partial charge in [-0.3, -0.25) is 14.7 Å². The summed E-state index contributed by atoms with van der Waals surface area (Å²) in [6, 6.07) is 19.6. The summed E-state index contributed by atoms with van der Waals surface area (Å²) < 4.78 is 0. The molecule has 3 heterocycles. The van der Waals surface area contributed by atoms with Crippen molar-refractivity contribution < 1.29 is 4.79 Å². The van der Waals surface area contributed by atoms with E-state index in [1.165, 1.54) is 18.4 Å². The monoisotopic (exact) mass is 520 g/mol. The Morgan fingerprint density at radius 3 is 2.59 bits per heavy atom. The first-order valence-electron chi connectivity index (χ1n) is 13.5. The molecule has 2 aromatic heterocycles. The summed E-state index contributed by atoms with van der Waals surface area (Å²) in [7, 11) is 0. The van der Waals surface area contributed by atoms with E-state index in [2.05, 4.69) is 63.4 Å². The lowest BCUT2D eigenvalue weighted by molar-refractivity contribution is 0.0986. The molecular weight excluding hydrogens is 484 g/mol. The van der Waals surface area contributed by atoms with E-state index in [1.807, 2.05) is 55.5 Å². The van der Waals surface area contributed by atoms with Gasteiger partial charge in [-0.25, -0.2) is 9.97 Å². The van der Waals surface area contributed by atoms with Gasteiger partial charge in [-0.05, 0) is 107 Å². The van der Waals surface area contributed by atoms with Crippen molar-refractivity contribution in [1.82, 2.24) is 19.9 Å². The molecule has 5 rings (SSSR count). The molecule has 1 aliphatic rings. The number of benzene rings is 2. The Morgan fingerprint density at radius 1 is 1.03 bits per heavy atom. The van der Waals surface area contributed by atoms with Gasteiger partial charge in [0.05, 0.1) is 5.69 Å². The average Bonchev–Trinajstić information content (AvgIpc) is 2.95. The van der Waals surface area contributed by atoms with Crippen molar-refractivity contribution in [3.05, 3.63) is 95.9 Å². The second kappa shape index (κ2) is 11.3. The fourth-order valence-electron chi connectivity index (χ4n) is 5.01. The third-order valence-electron chi connectivity index (χ3n) is 7.37. The molecule has 1 saturated heterocycles. The first-order chi connectivity index (χ1) is 18.8. The highest BCUT2D eigenvalue weighted by Gasteiger charge is 2.28. The van der Waals surface area contributed by atoms with Crippen LogP contribution in [-0.2, 0) is 0 Å². The van der Waals surface area contributed by atoms with Crippen LogP contribution in [0.25, 0.3) is 11.3 Å².